The van der Waals surface area contributed by atoms with Gasteiger partial charge in [0.1, 0.15) is 18.4 Å². The summed E-state index contributed by atoms with van der Waals surface area (Å²) in [5.41, 5.74) is 4.14. The van der Waals surface area contributed by atoms with Crippen molar-refractivity contribution < 1.29 is 66.4 Å². The molecule has 0 saturated carbocycles. The summed E-state index contributed by atoms with van der Waals surface area (Å²) in [4.78, 5) is 23.6. The number of carboxylic acids is 1. The van der Waals surface area contributed by atoms with Gasteiger partial charge < -0.3 is 24.1 Å². The minimum atomic E-state index is -4.86. The number of carbonyl (C=O) groups excluding carboxylic acids is 1. The van der Waals surface area contributed by atoms with Crippen LogP contribution in [0.2, 0.25) is 0 Å². The van der Waals surface area contributed by atoms with E-state index in [4.69, 9.17) is 14.3 Å². The first kappa shape index (κ1) is 25.0. The molecule has 1 unspecified atom stereocenters. The fourth-order valence-electron chi connectivity index (χ4n) is 3.84. The Morgan fingerprint density at radius 3 is 2.12 bits per heavy atom. The van der Waals surface area contributed by atoms with Gasteiger partial charge in [0.05, 0.1) is 6.42 Å². The van der Waals surface area contributed by atoms with E-state index in [1.807, 2.05) is 48.5 Å². The molecule has 0 radical (unpaired) electrons. The standard InChI is InChI=1S/C22H19NO8S.Na/c24-20(25)11-18(19-9-10-21(31-19)32(27,28)29)23-22(26)30-12-17-15-7-3-1-5-13(15)14-6-2-4-8-16(14)17;/h1-10,17-18H,11-12H2,(H,23,26)(H,24,25)(H,27,28,29);/q;+1/p-1. The first-order chi connectivity index (χ1) is 15.2. The fraction of sp³-hybridized carbons (Fsp3) is 0.182. The minimum Gasteiger partial charge on any atom is -0.742 e. The second-order valence-electron chi connectivity index (χ2n) is 7.23. The van der Waals surface area contributed by atoms with E-state index >= 15 is 0 Å². The van der Waals surface area contributed by atoms with E-state index in [1.54, 1.807) is 0 Å². The molecule has 0 bridgehead atoms. The summed E-state index contributed by atoms with van der Waals surface area (Å²) >= 11 is 0. The van der Waals surface area contributed by atoms with Crippen molar-refractivity contribution in [2.45, 2.75) is 23.5 Å². The predicted octanol–water partition coefficient (Wildman–Crippen LogP) is 0.242. The molecule has 1 amide bonds. The summed E-state index contributed by atoms with van der Waals surface area (Å²) in [5.74, 6) is -1.64. The summed E-state index contributed by atoms with van der Waals surface area (Å²) < 4.78 is 43.6. The number of hydrogen-bond donors (Lipinski definition) is 2. The maximum atomic E-state index is 12.4. The number of alkyl carbamates (subject to hydrolysis) is 1. The molecule has 3 aromatic rings. The van der Waals surface area contributed by atoms with Crippen molar-refractivity contribution in [3.05, 3.63) is 77.6 Å². The second-order valence-corrected chi connectivity index (χ2v) is 8.54. The number of fused-ring (bicyclic) bond motifs is 3. The average Bonchev–Trinajstić information content (AvgIpc) is 3.35. The molecule has 9 nitrogen and oxygen atoms in total. The molecule has 4 rings (SSSR count). The fourth-order valence-corrected chi connectivity index (χ4v) is 4.27. The topological polar surface area (TPSA) is 146 Å². The molecule has 2 aromatic carbocycles. The van der Waals surface area contributed by atoms with E-state index in [1.165, 1.54) is 0 Å². The van der Waals surface area contributed by atoms with Gasteiger partial charge in [-0.1, -0.05) is 48.5 Å². The Labute approximate surface area is 211 Å². The third-order valence-electron chi connectivity index (χ3n) is 5.21. The molecule has 1 aromatic heterocycles. The van der Waals surface area contributed by atoms with Crippen LogP contribution in [-0.4, -0.2) is 36.7 Å². The number of nitrogens with one attached hydrogen (secondary N) is 1. The van der Waals surface area contributed by atoms with Gasteiger partial charge in [0.2, 0.25) is 5.09 Å². The number of amides is 1. The van der Waals surface area contributed by atoms with Crippen molar-refractivity contribution in [3.63, 3.8) is 0 Å². The molecule has 0 spiro atoms. The Kier molecular flexibility index (Phi) is 7.65. The second kappa shape index (κ2) is 10.1. The van der Waals surface area contributed by atoms with Crippen LogP contribution in [0.25, 0.3) is 11.1 Å². The monoisotopic (exact) mass is 479 g/mol. The largest absolute Gasteiger partial charge is 1.00 e. The Bertz CT molecular complexity index is 1240. The minimum absolute atomic E-state index is 0. The van der Waals surface area contributed by atoms with Crippen molar-refractivity contribution in [1.82, 2.24) is 5.32 Å². The Morgan fingerprint density at radius 1 is 1.03 bits per heavy atom. The van der Waals surface area contributed by atoms with Crippen LogP contribution in [0.4, 0.5) is 4.79 Å². The van der Waals surface area contributed by atoms with Crippen LogP contribution in [0.3, 0.4) is 0 Å². The molecule has 0 saturated heterocycles. The molecule has 0 aliphatic heterocycles. The van der Waals surface area contributed by atoms with Crippen molar-refractivity contribution in [2.75, 3.05) is 6.61 Å². The van der Waals surface area contributed by atoms with E-state index < -0.39 is 39.7 Å². The molecular weight excluding hydrogens is 461 g/mol. The Morgan fingerprint density at radius 2 is 1.61 bits per heavy atom. The zero-order valence-electron chi connectivity index (χ0n) is 17.6. The van der Waals surface area contributed by atoms with Gasteiger partial charge in [0, 0.05) is 5.92 Å². The van der Waals surface area contributed by atoms with Crippen LogP contribution in [0, 0.1) is 0 Å². The van der Waals surface area contributed by atoms with E-state index in [9.17, 15) is 22.6 Å². The van der Waals surface area contributed by atoms with Crippen molar-refractivity contribution in [3.8, 4) is 11.1 Å². The maximum Gasteiger partial charge on any atom is 1.00 e. The molecule has 1 aliphatic carbocycles. The summed E-state index contributed by atoms with van der Waals surface area (Å²) in [6, 6.07) is 16.4. The van der Waals surface area contributed by atoms with Gasteiger partial charge in [-0.3, -0.25) is 4.79 Å². The molecule has 1 heterocycles. The number of hydrogen-bond acceptors (Lipinski definition) is 7. The van der Waals surface area contributed by atoms with Crippen LogP contribution in [0.5, 0.6) is 0 Å². The third kappa shape index (κ3) is 5.48. The summed E-state index contributed by atoms with van der Waals surface area (Å²) in [5, 5.41) is 10.6. The number of ether oxygens (including phenoxy) is 1. The van der Waals surface area contributed by atoms with Crippen LogP contribution < -0.4 is 34.9 Å². The van der Waals surface area contributed by atoms with Crippen LogP contribution >= 0.6 is 0 Å². The summed E-state index contributed by atoms with van der Waals surface area (Å²) in [6.07, 6.45) is -1.50. The number of carboxylic acid groups (broad SMARTS) is 1. The number of aliphatic carboxylic acids is 1. The van der Waals surface area contributed by atoms with Crippen molar-refractivity contribution >= 4 is 22.2 Å². The van der Waals surface area contributed by atoms with E-state index in [0.29, 0.717) is 0 Å². The van der Waals surface area contributed by atoms with Gasteiger partial charge >= 0.3 is 41.6 Å². The first-order valence-corrected chi connectivity index (χ1v) is 11.0. The third-order valence-corrected chi connectivity index (χ3v) is 5.92. The molecule has 0 fully saturated rings. The summed E-state index contributed by atoms with van der Waals surface area (Å²) in [7, 11) is -4.86. The molecule has 1 atom stereocenters. The first-order valence-electron chi connectivity index (χ1n) is 9.63. The van der Waals surface area contributed by atoms with E-state index in [-0.39, 0.29) is 47.8 Å². The van der Waals surface area contributed by atoms with Crippen LogP contribution in [-0.2, 0) is 19.6 Å². The number of rotatable bonds is 7. The normalized spacial score (nSPS) is 13.4. The van der Waals surface area contributed by atoms with Gasteiger partial charge in [-0.2, -0.15) is 0 Å². The zero-order valence-corrected chi connectivity index (χ0v) is 20.4. The van der Waals surface area contributed by atoms with Crippen LogP contribution in [0.1, 0.15) is 35.3 Å². The van der Waals surface area contributed by atoms with E-state index in [0.717, 1.165) is 34.4 Å². The predicted molar refractivity (Wildman–Crippen MR) is 110 cm³/mol. The Hall–Kier alpha value is -2.63. The van der Waals surface area contributed by atoms with Gasteiger partial charge in [0.15, 0.2) is 10.1 Å². The summed E-state index contributed by atoms with van der Waals surface area (Å²) in [6.45, 7) is 0.0119. The molecule has 2 N–H and O–H groups in total. The van der Waals surface area contributed by atoms with Gasteiger partial charge in [-0.25, -0.2) is 13.2 Å². The van der Waals surface area contributed by atoms with E-state index in [2.05, 4.69) is 5.32 Å². The molecule has 11 heteroatoms. The maximum absolute atomic E-state index is 12.4. The average molecular weight is 479 g/mol. The van der Waals surface area contributed by atoms with Crippen LogP contribution in [0.15, 0.2) is 70.2 Å². The molecule has 33 heavy (non-hydrogen) atoms. The molecule has 1 aliphatic rings. The quantitative estimate of drug-likeness (QED) is 0.362. The SMILES string of the molecule is O=C(O)CC(NC(=O)OCC1c2ccccc2-c2ccccc21)c1ccc(S(=O)(=O)[O-])o1.[Na+]. The van der Waals surface area contributed by atoms with Gasteiger partial charge in [-0.15, -0.1) is 0 Å². The zero-order chi connectivity index (χ0) is 22.9. The number of benzene rings is 2. The smallest absolute Gasteiger partial charge is 0.742 e. The number of furan rings is 1. The molecule has 166 valence electrons. The van der Waals surface area contributed by atoms with Gasteiger partial charge in [0.25, 0.3) is 0 Å². The van der Waals surface area contributed by atoms with Gasteiger partial charge in [-0.05, 0) is 34.4 Å². The van der Waals surface area contributed by atoms with Crippen molar-refractivity contribution in [2.24, 2.45) is 0 Å². The van der Waals surface area contributed by atoms with Crippen molar-refractivity contribution in [1.29, 1.82) is 0 Å². The number of carbonyl (C=O) groups is 2. The molecular formula is C22H18NNaO8S. The Balaban J connectivity index is 0.00000306.